The second-order valence-electron chi connectivity index (χ2n) is 7.35. The Morgan fingerprint density at radius 2 is 2.23 bits per heavy atom. The number of nitrogens with one attached hydrogen (secondary N) is 3. The highest BCUT2D eigenvalue weighted by Gasteiger charge is 2.27. The van der Waals surface area contributed by atoms with E-state index >= 15 is 0 Å². The SMILES string of the molecule is CCNC(=O)C[NH+](CC)[C@H](C)c1nc2sc3c(c2c(=O)[nH]1)CC[C@@H](C)C3. The lowest BCUT2D eigenvalue weighted by Gasteiger charge is -2.23. The van der Waals surface area contributed by atoms with Crippen LogP contribution in [0, 0.1) is 5.92 Å². The average Bonchev–Trinajstić information content (AvgIpc) is 2.96. The van der Waals surface area contributed by atoms with E-state index in [0.29, 0.717) is 24.8 Å². The zero-order valence-corrected chi connectivity index (χ0v) is 16.9. The predicted molar refractivity (Wildman–Crippen MR) is 105 cm³/mol. The van der Waals surface area contributed by atoms with Gasteiger partial charge < -0.3 is 15.2 Å². The number of carbonyl (C=O) groups is 1. The van der Waals surface area contributed by atoms with Gasteiger partial charge in [-0.15, -0.1) is 11.3 Å². The van der Waals surface area contributed by atoms with E-state index in [2.05, 4.69) is 17.2 Å². The number of quaternary nitrogens is 1. The zero-order valence-electron chi connectivity index (χ0n) is 16.1. The fourth-order valence-electron chi connectivity index (χ4n) is 3.81. The van der Waals surface area contributed by atoms with Crippen molar-refractivity contribution in [2.45, 2.75) is 53.0 Å². The van der Waals surface area contributed by atoms with Gasteiger partial charge in [-0.1, -0.05) is 6.92 Å². The normalized spacial score (nSPS) is 19.2. The molecule has 3 N–H and O–H groups in total. The third-order valence-corrected chi connectivity index (χ3v) is 6.57. The smallest absolute Gasteiger partial charge is 0.275 e. The van der Waals surface area contributed by atoms with Gasteiger partial charge in [0.2, 0.25) is 0 Å². The van der Waals surface area contributed by atoms with Crippen molar-refractivity contribution in [1.82, 2.24) is 15.3 Å². The molecule has 1 aliphatic carbocycles. The van der Waals surface area contributed by atoms with Crippen molar-refractivity contribution < 1.29 is 9.69 Å². The first-order valence-electron chi connectivity index (χ1n) is 9.60. The number of H-pyrrole nitrogens is 1. The van der Waals surface area contributed by atoms with Crippen LogP contribution in [0.2, 0.25) is 0 Å². The summed E-state index contributed by atoms with van der Waals surface area (Å²) in [5.41, 5.74) is 1.18. The second-order valence-corrected chi connectivity index (χ2v) is 8.43. The highest BCUT2D eigenvalue weighted by atomic mass is 32.1. The number of hydrogen-bond acceptors (Lipinski definition) is 4. The van der Waals surface area contributed by atoms with Crippen LogP contribution in [0.15, 0.2) is 4.79 Å². The molecule has 0 spiro atoms. The molecule has 1 amide bonds. The summed E-state index contributed by atoms with van der Waals surface area (Å²) >= 11 is 1.67. The molecule has 0 bridgehead atoms. The molecule has 3 atom stereocenters. The molecule has 142 valence electrons. The van der Waals surface area contributed by atoms with Gasteiger partial charge in [0.15, 0.2) is 12.4 Å². The summed E-state index contributed by atoms with van der Waals surface area (Å²) in [6.45, 7) is 10.1. The molecule has 2 heterocycles. The standard InChI is InChI=1S/C19H28N4O2S/c1-5-20-15(24)10-23(6-2)12(4)17-21-18(25)16-13-8-7-11(3)9-14(13)26-19(16)22-17/h11-12H,5-10H2,1-4H3,(H,20,24)(H,21,22,25)/p+1/t11-,12-/m1/s1. The molecule has 2 aromatic heterocycles. The maximum Gasteiger partial charge on any atom is 0.275 e. The van der Waals surface area contributed by atoms with Crippen LogP contribution >= 0.6 is 11.3 Å². The van der Waals surface area contributed by atoms with Crippen LogP contribution in [0.5, 0.6) is 0 Å². The lowest BCUT2D eigenvalue weighted by Crippen LogP contribution is -3.13. The van der Waals surface area contributed by atoms with Crippen LogP contribution in [-0.2, 0) is 17.6 Å². The Labute approximate surface area is 158 Å². The number of carbonyl (C=O) groups excluding carboxylic acids is 1. The van der Waals surface area contributed by atoms with E-state index in [1.165, 1.54) is 10.4 Å². The number of likely N-dealkylation sites (N-methyl/N-ethyl adjacent to an activating group) is 2. The van der Waals surface area contributed by atoms with Crippen molar-refractivity contribution in [3.05, 3.63) is 26.6 Å². The topological polar surface area (TPSA) is 79.3 Å². The van der Waals surface area contributed by atoms with E-state index in [1.807, 2.05) is 20.8 Å². The Morgan fingerprint density at radius 3 is 2.92 bits per heavy atom. The monoisotopic (exact) mass is 377 g/mol. The second kappa shape index (κ2) is 7.88. The molecule has 0 saturated carbocycles. The first-order valence-corrected chi connectivity index (χ1v) is 10.4. The van der Waals surface area contributed by atoms with Crippen molar-refractivity contribution in [2.24, 2.45) is 5.92 Å². The Balaban J connectivity index is 1.92. The zero-order chi connectivity index (χ0) is 18.8. The molecule has 1 aliphatic rings. The van der Waals surface area contributed by atoms with Crippen molar-refractivity contribution in [2.75, 3.05) is 19.6 Å². The van der Waals surface area contributed by atoms with E-state index in [1.54, 1.807) is 11.3 Å². The Hall–Kier alpha value is -1.73. The summed E-state index contributed by atoms with van der Waals surface area (Å²) in [5.74, 6) is 1.38. The number of fused-ring (bicyclic) bond motifs is 3. The quantitative estimate of drug-likeness (QED) is 0.708. The predicted octanol–water partition coefficient (Wildman–Crippen LogP) is 1.21. The van der Waals surface area contributed by atoms with Gasteiger partial charge in [0.1, 0.15) is 10.9 Å². The molecule has 2 aromatic rings. The molecule has 0 aromatic carbocycles. The number of thiophene rings is 1. The Bertz CT molecular complexity index is 857. The van der Waals surface area contributed by atoms with Crippen LogP contribution in [0.1, 0.15) is 56.4 Å². The number of hydrogen-bond donors (Lipinski definition) is 3. The van der Waals surface area contributed by atoms with Gasteiger partial charge in [-0.3, -0.25) is 9.59 Å². The van der Waals surface area contributed by atoms with E-state index in [-0.39, 0.29) is 17.5 Å². The van der Waals surface area contributed by atoms with Crippen molar-refractivity contribution in [1.29, 1.82) is 0 Å². The van der Waals surface area contributed by atoms with Crippen LogP contribution < -0.4 is 15.8 Å². The lowest BCUT2D eigenvalue weighted by atomic mass is 9.89. The van der Waals surface area contributed by atoms with E-state index in [9.17, 15) is 9.59 Å². The van der Waals surface area contributed by atoms with Gasteiger partial charge in [0.25, 0.3) is 11.5 Å². The Morgan fingerprint density at radius 1 is 1.46 bits per heavy atom. The summed E-state index contributed by atoms with van der Waals surface area (Å²) < 4.78 is 0. The summed E-state index contributed by atoms with van der Waals surface area (Å²) in [6, 6.07) is -0.0437. The molecule has 0 fully saturated rings. The minimum absolute atomic E-state index is 0.0280. The van der Waals surface area contributed by atoms with Gasteiger partial charge in [-0.05, 0) is 51.5 Å². The first kappa shape index (κ1) is 19.0. The van der Waals surface area contributed by atoms with Crippen LogP contribution in [0.25, 0.3) is 10.2 Å². The van der Waals surface area contributed by atoms with Crippen LogP contribution in [-0.4, -0.2) is 35.5 Å². The maximum atomic E-state index is 12.8. The van der Waals surface area contributed by atoms with Crippen LogP contribution in [0.4, 0.5) is 0 Å². The van der Waals surface area contributed by atoms with E-state index in [0.717, 1.165) is 40.9 Å². The Kier molecular flexibility index (Phi) is 5.77. The lowest BCUT2D eigenvalue weighted by molar-refractivity contribution is -0.921. The van der Waals surface area contributed by atoms with Crippen LogP contribution in [0.3, 0.4) is 0 Å². The summed E-state index contributed by atoms with van der Waals surface area (Å²) in [6.07, 6.45) is 3.15. The van der Waals surface area contributed by atoms with Crippen molar-refractivity contribution >= 4 is 27.5 Å². The minimum Gasteiger partial charge on any atom is -0.351 e. The molecular weight excluding hydrogens is 348 g/mol. The number of amides is 1. The third kappa shape index (κ3) is 3.69. The van der Waals surface area contributed by atoms with Gasteiger partial charge in [-0.25, -0.2) is 4.98 Å². The summed E-state index contributed by atoms with van der Waals surface area (Å²) in [7, 11) is 0. The molecule has 1 unspecified atom stereocenters. The highest BCUT2D eigenvalue weighted by Crippen LogP contribution is 2.35. The number of aromatic amines is 1. The number of aryl methyl sites for hydroxylation is 1. The number of nitrogens with zero attached hydrogens (tertiary/aromatic N) is 1. The average molecular weight is 378 g/mol. The third-order valence-electron chi connectivity index (χ3n) is 5.42. The van der Waals surface area contributed by atoms with Gasteiger partial charge in [-0.2, -0.15) is 0 Å². The minimum atomic E-state index is -0.0437. The molecule has 26 heavy (non-hydrogen) atoms. The molecule has 0 aliphatic heterocycles. The summed E-state index contributed by atoms with van der Waals surface area (Å²) in [4.78, 5) is 35.8. The molecule has 3 rings (SSSR count). The fourth-order valence-corrected chi connectivity index (χ4v) is 5.20. The van der Waals surface area contributed by atoms with E-state index < -0.39 is 0 Å². The highest BCUT2D eigenvalue weighted by molar-refractivity contribution is 7.18. The summed E-state index contributed by atoms with van der Waals surface area (Å²) in [5, 5.41) is 3.63. The molecule has 0 radical (unpaired) electrons. The maximum absolute atomic E-state index is 12.8. The van der Waals surface area contributed by atoms with Crippen molar-refractivity contribution in [3.8, 4) is 0 Å². The fraction of sp³-hybridized carbons (Fsp3) is 0.632. The van der Waals surface area contributed by atoms with Gasteiger partial charge in [0.05, 0.1) is 11.9 Å². The van der Waals surface area contributed by atoms with E-state index in [4.69, 9.17) is 4.98 Å². The first-order chi connectivity index (χ1) is 12.4. The van der Waals surface area contributed by atoms with Gasteiger partial charge >= 0.3 is 0 Å². The largest absolute Gasteiger partial charge is 0.351 e. The van der Waals surface area contributed by atoms with Gasteiger partial charge in [0, 0.05) is 11.4 Å². The molecular formula is C19H29N4O2S+. The number of aromatic nitrogens is 2. The van der Waals surface area contributed by atoms with Crippen molar-refractivity contribution in [3.63, 3.8) is 0 Å². The number of rotatable bonds is 6. The molecule has 7 heteroatoms. The molecule has 6 nitrogen and oxygen atoms in total. The molecule has 0 saturated heterocycles.